The smallest absolute Gasteiger partial charge is 0.343 e. The van der Waals surface area contributed by atoms with E-state index in [1.807, 2.05) is 36.4 Å². The molecule has 0 spiro atoms. The number of esters is 2. The zero-order valence-electron chi connectivity index (χ0n) is 14.3. The van der Waals surface area contributed by atoms with Gasteiger partial charge in [-0.25, -0.2) is 9.59 Å². The summed E-state index contributed by atoms with van der Waals surface area (Å²) >= 11 is 0. The van der Waals surface area contributed by atoms with Crippen LogP contribution < -0.4 is 9.47 Å². The second-order valence-corrected chi connectivity index (χ2v) is 7.12. The molecule has 0 radical (unpaired) electrons. The van der Waals surface area contributed by atoms with Crippen molar-refractivity contribution in [1.29, 1.82) is 0 Å². The molecule has 2 rings (SSSR count). The highest BCUT2D eigenvalue weighted by Crippen LogP contribution is 2.39. The summed E-state index contributed by atoms with van der Waals surface area (Å²) in [7, 11) is 5.71. The minimum atomic E-state index is -0.429. The number of hydrogen-bond acceptors (Lipinski definition) is 8. The van der Waals surface area contributed by atoms with Crippen molar-refractivity contribution >= 4 is 33.5 Å². The first-order valence-corrected chi connectivity index (χ1v) is 9.69. The third-order valence-corrected chi connectivity index (χ3v) is 5.39. The van der Waals surface area contributed by atoms with Gasteiger partial charge < -0.3 is 18.9 Å². The molecule has 0 bridgehead atoms. The summed E-state index contributed by atoms with van der Waals surface area (Å²) < 4.78 is 19.8. The van der Waals surface area contributed by atoms with Gasteiger partial charge in [-0.15, -0.1) is 0 Å². The van der Waals surface area contributed by atoms with E-state index in [1.54, 1.807) is 12.1 Å². The Bertz CT molecular complexity index is 686. The number of carbonyl (C=O) groups is 2. The fourth-order valence-electron chi connectivity index (χ4n) is 1.73. The highest BCUT2D eigenvalue weighted by Gasteiger charge is 2.06. The van der Waals surface area contributed by atoms with Crippen LogP contribution in [0.5, 0.6) is 11.5 Å². The Hall–Kier alpha value is -2.32. The summed E-state index contributed by atoms with van der Waals surface area (Å²) in [6.45, 7) is -0.255. The molecular formula is C18H18O6S2. The van der Waals surface area contributed by atoms with E-state index >= 15 is 0 Å². The van der Waals surface area contributed by atoms with Crippen LogP contribution in [0.25, 0.3) is 0 Å². The van der Waals surface area contributed by atoms with Crippen molar-refractivity contribution in [3.63, 3.8) is 0 Å². The Labute approximate surface area is 159 Å². The van der Waals surface area contributed by atoms with Crippen LogP contribution in [0, 0.1) is 0 Å². The van der Waals surface area contributed by atoms with Crippen LogP contribution in [0.2, 0.25) is 0 Å². The molecule has 0 aliphatic carbocycles. The zero-order chi connectivity index (χ0) is 18.8. The van der Waals surface area contributed by atoms with Crippen LogP contribution in [0.15, 0.2) is 58.3 Å². The number of hydrogen-bond donors (Lipinski definition) is 0. The monoisotopic (exact) mass is 394 g/mol. The number of ether oxygens (including phenoxy) is 4. The maximum atomic E-state index is 11.1. The van der Waals surface area contributed by atoms with Crippen molar-refractivity contribution in [2.45, 2.75) is 9.79 Å². The number of methoxy groups -OCH3 is 2. The van der Waals surface area contributed by atoms with Crippen molar-refractivity contribution < 1.29 is 28.5 Å². The predicted molar refractivity (Wildman–Crippen MR) is 99.6 cm³/mol. The first-order chi connectivity index (χ1) is 12.6. The molecule has 138 valence electrons. The van der Waals surface area contributed by atoms with Gasteiger partial charge in [0.1, 0.15) is 11.5 Å². The van der Waals surface area contributed by atoms with Crippen LogP contribution in [0.4, 0.5) is 0 Å². The van der Waals surface area contributed by atoms with Crippen LogP contribution in [-0.4, -0.2) is 39.4 Å². The van der Waals surface area contributed by atoms with Gasteiger partial charge >= 0.3 is 11.9 Å². The molecule has 0 saturated carbocycles. The van der Waals surface area contributed by atoms with Crippen molar-refractivity contribution in [2.75, 3.05) is 27.4 Å². The lowest BCUT2D eigenvalue weighted by atomic mass is 10.3. The summed E-state index contributed by atoms with van der Waals surface area (Å²) in [5.41, 5.74) is 0. The molecule has 2 aromatic rings. The highest BCUT2D eigenvalue weighted by molar-refractivity contribution is 8.76. The van der Waals surface area contributed by atoms with Crippen LogP contribution in [0.1, 0.15) is 0 Å². The highest BCUT2D eigenvalue weighted by atomic mass is 33.1. The van der Waals surface area contributed by atoms with Gasteiger partial charge in [-0.1, -0.05) is 33.7 Å². The van der Waals surface area contributed by atoms with Gasteiger partial charge in [0.15, 0.2) is 13.2 Å². The quantitative estimate of drug-likeness (QED) is 0.472. The summed E-state index contributed by atoms with van der Waals surface area (Å²) in [6.07, 6.45) is 0. The number of rotatable bonds is 9. The van der Waals surface area contributed by atoms with Crippen LogP contribution in [0.3, 0.4) is 0 Å². The van der Waals surface area contributed by atoms with E-state index in [-0.39, 0.29) is 13.2 Å². The Kier molecular flexibility index (Phi) is 8.17. The van der Waals surface area contributed by atoms with E-state index in [0.717, 1.165) is 9.79 Å². The zero-order valence-corrected chi connectivity index (χ0v) is 15.9. The molecule has 8 heteroatoms. The third kappa shape index (κ3) is 6.89. The van der Waals surface area contributed by atoms with Gasteiger partial charge in [0.25, 0.3) is 0 Å². The molecule has 0 atom stereocenters. The molecule has 0 heterocycles. The minimum absolute atomic E-state index is 0.128. The molecule has 0 aromatic heterocycles. The molecular weight excluding hydrogens is 376 g/mol. The van der Waals surface area contributed by atoms with E-state index in [9.17, 15) is 9.59 Å². The molecule has 0 N–H and O–H groups in total. The number of benzene rings is 2. The fraction of sp³-hybridized carbons (Fsp3) is 0.222. The Morgan fingerprint density at radius 2 is 1.19 bits per heavy atom. The van der Waals surface area contributed by atoms with Crippen LogP contribution >= 0.6 is 21.6 Å². The average molecular weight is 394 g/mol. The normalized spacial score (nSPS) is 10.1. The molecule has 0 unspecified atom stereocenters. The number of carbonyl (C=O) groups excluding carboxylic acids is 2. The van der Waals surface area contributed by atoms with E-state index in [0.29, 0.717) is 11.5 Å². The van der Waals surface area contributed by atoms with Crippen molar-refractivity contribution in [2.24, 2.45) is 0 Å². The summed E-state index contributed by atoms with van der Waals surface area (Å²) in [6, 6.07) is 14.8. The Balaban J connectivity index is 1.90. The SMILES string of the molecule is COC(=O)COc1cccc(SSc2cccc(OCC(=O)OC)c2)c1. The van der Waals surface area contributed by atoms with Gasteiger partial charge in [-0.2, -0.15) is 0 Å². The fourth-order valence-corrected chi connectivity index (χ4v) is 3.72. The lowest BCUT2D eigenvalue weighted by molar-refractivity contribution is -0.143. The lowest BCUT2D eigenvalue weighted by Gasteiger charge is -2.08. The molecule has 2 aromatic carbocycles. The van der Waals surface area contributed by atoms with Crippen molar-refractivity contribution in [3.05, 3.63) is 48.5 Å². The van der Waals surface area contributed by atoms with Gasteiger partial charge in [0.2, 0.25) is 0 Å². The van der Waals surface area contributed by atoms with E-state index in [2.05, 4.69) is 9.47 Å². The molecule has 0 fully saturated rings. The third-order valence-electron chi connectivity index (χ3n) is 3.01. The Morgan fingerprint density at radius 3 is 1.58 bits per heavy atom. The van der Waals surface area contributed by atoms with Gasteiger partial charge in [-0.05, 0) is 36.4 Å². The standard InChI is InChI=1S/C18H18O6S2/c1-21-17(19)11-23-13-5-3-7-15(9-13)25-26-16-8-4-6-14(10-16)24-12-18(20)22-2/h3-10H,11-12H2,1-2H3. The summed E-state index contributed by atoms with van der Waals surface area (Å²) in [5, 5.41) is 0. The average Bonchev–Trinajstić information content (AvgIpc) is 2.69. The Morgan fingerprint density at radius 1 is 0.769 bits per heavy atom. The molecule has 0 amide bonds. The maximum Gasteiger partial charge on any atom is 0.343 e. The largest absolute Gasteiger partial charge is 0.482 e. The van der Waals surface area contributed by atoms with E-state index in [1.165, 1.54) is 35.8 Å². The van der Waals surface area contributed by atoms with E-state index in [4.69, 9.17) is 9.47 Å². The van der Waals surface area contributed by atoms with Crippen molar-refractivity contribution in [3.8, 4) is 11.5 Å². The summed E-state index contributed by atoms with van der Waals surface area (Å²) in [4.78, 5) is 24.2. The topological polar surface area (TPSA) is 71.1 Å². The maximum absolute atomic E-state index is 11.1. The first-order valence-electron chi connectivity index (χ1n) is 7.54. The molecule has 0 aliphatic rings. The molecule has 6 nitrogen and oxygen atoms in total. The minimum Gasteiger partial charge on any atom is -0.482 e. The lowest BCUT2D eigenvalue weighted by Crippen LogP contribution is -2.12. The van der Waals surface area contributed by atoms with Gasteiger partial charge in [0.05, 0.1) is 14.2 Å². The molecule has 0 saturated heterocycles. The summed E-state index contributed by atoms with van der Waals surface area (Å²) in [5.74, 6) is 0.328. The van der Waals surface area contributed by atoms with E-state index < -0.39 is 11.9 Å². The predicted octanol–water partition coefficient (Wildman–Crippen LogP) is 3.59. The first kappa shape index (κ1) is 20.0. The molecule has 26 heavy (non-hydrogen) atoms. The van der Waals surface area contributed by atoms with Crippen molar-refractivity contribution in [1.82, 2.24) is 0 Å². The van der Waals surface area contributed by atoms with Crippen LogP contribution in [-0.2, 0) is 19.1 Å². The second-order valence-electron chi connectivity index (χ2n) is 4.85. The molecule has 0 aliphatic heterocycles. The van der Waals surface area contributed by atoms with Gasteiger partial charge in [-0.3, -0.25) is 0 Å². The second kappa shape index (κ2) is 10.6. The van der Waals surface area contributed by atoms with Gasteiger partial charge in [0, 0.05) is 9.79 Å².